The third-order valence-corrected chi connectivity index (χ3v) is 1.79. The van der Waals surface area contributed by atoms with Crippen LogP contribution in [0.15, 0.2) is 0 Å². The molecule has 4 atom stereocenters. The zero-order valence-electron chi connectivity index (χ0n) is 7.08. The van der Waals surface area contributed by atoms with E-state index < -0.39 is 30.6 Å². The Morgan fingerprint density at radius 3 is 2.38 bits per heavy atom. The van der Waals surface area contributed by atoms with Crippen molar-refractivity contribution in [2.45, 2.75) is 31.5 Å². The zero-order chi connectivity index (χ0) is 10.0. The van der Waals surface area contributed by atoms with Gasteiger partial charge in [-0.1, -0.05) is 0 Å². The van der Waals surface area contributed by atoms with E-state index in [1.807, 2.05) is 0 Å². The predicted molar refractivity (Wildman–Crippen MR) is 39.5 cm³/mol. The number of hydrogen-bond donors (Lipinski definition) is 3. The highest BCUT2D eigenvalue weighted by molar-refractivity contribution is 5.65. The number of carbonyl (C=O) groups excluding carboxylic acids is 1. The minimum absolute atomic E-state index is 0.176. The van der Waals surface area contributed by atoms with Gasteiger partial charge in [-0.3, -0.25) is 4.79 Å². The average molecular weight is 192 g/mol. The molecule has 6 nitrogen and oxygen atoms in total. The van der Waals surface area contributed by atoms with Crippen molar-refractivity contribution < 1.29 is 29.6 Å². The van der Waals surface area contributed by atoms with E-state index in [1.165, 1.54) is 6.92 Å². The van der Waals surface area contributed by atoms with Crippen LogP contribution in [-0.4, -0.2) is 52.5 Å². The predicted octanol–water partition coefficient (Wildman–Crippen LogP) is -2.01. The summed E-state index contributed by atoms with van der Waals surface area (Å²) in [5, 5.41) is 27.2. The quantitative estimate of drug-likeness (QED) is 0.437. The van der Waals surface area contributed by atoms with Crippen LogP contribution in [-0.2, 0) is 14.3 Å². The Kier molecular flexibility index (Phi) is 3.21. The molecule has 6 heteroatoms. The molecule has 0 aromatic rings. The average Bonchev–Trinajstić information content (AvgIpc) is 2.29. The summed E-state index contributed by atoms with van der Waals surface area (Å²) in [6.45, 7) is 1.04. The summed E-state index contributed by atoms with van der Waals surface area (Å²) in [7, 11) is 0. The van der Waals surface area contributed by atoms with E-state index in [9.17, 15) is 9.90 Å². The van der Waals surface area contributed by atoms with Crippen molar-refractivity contribution in [3.63, 3.8) is 0 Å². The fraction of sp³-hybridized carbons (Fsp3) is 0.857. The molecule has 1 aliphatic heterocycles. The summed E-state index contributed by atoms with van der Waals surface area (Å²) < 4.78 is 9.26. The van der Waals surface area contributed by atoms with Crippen LogP contribution in [0.2, 0.25) is 0 Å². The minimum Gasteiger partial charge on any atom is -0.463 e. The first-order valence-electron chi connectivity index (χ1n) is 3.85. The van der Waals surface area contributed by atoms with Gasteiger partial charge in [-0.2, -0.15) is 0 Å². The maximum Gasteiger partial charge on any atom is 0.302 e. The molecule has 3 N–H and O–H groups in total. The number of esters is 1. The standard InChI is InChI=1S/C7H12O6/c1-3(8)12-2-4-5(9)6(10)7(11)13-4/h4-7,9-11H,2H2,1H3/t4-,5-,6-,7-/m1/s1. The van der Waals surface area contributed by atoms with Crippen LogP contribution in [0.1, 0.15) is 6.92 Å². The van der Waals surface area contributed by atoms with Gasteiger partial charge in [0.25, 0.3) is 0 Å². The second-order valence-corrected chi connectivity index (χ2v) is 2.85. The molecule has 0 bridgehead atoms. The van der Waals surface area contributed by atoms with Crippen molar-refractivity contribution in [1.82, 2.24) is 0 Å². The van der Waals surface area contributed by atoms with Gasteiger partial charge < -0.3 is 24.8 Å². The molecule has 0 aliphatic carbocycles. The molecule has 0 aromatic carbocycles. The second-order valence-electron chi connectivity index (χ2n) is 2.85. The molecule has 1 heterocycles. The van der Waals surface area contributed by atoms with Crippen LogP contribution >= 0.6 is 0 Å². The van der Waals surface area contributed by atoms with Gasteiger partial charge in [-0.25, -0.2) is 0 Å². The molecular weight excluding hydrogens is 180 g/mol. The molecule has 0 radical (unpaired) electrons. The lowest BCUT2D eigenvalue weighted by molar-refractivity contribution is -0.155. The number of hydrogen-bond acceptors (Lipinski definition) is 6. The number of ether oxygens (including phenoxy) is 2. The number of rotatable bonds is 2. The fourth-order valence-electron chi connectivity index (χ4n) is 1.07. The zero-order valence-corrected chi connectivity index (χ0v) is 7.08. The van der Waals surface area contributed by atoms with E-state index in [0.717, 1.165) is 0 Å². The highest BCUT2D eigenvalue weighted by Crippen LogP contribution is 2.19. The van der Waals surface area contributed by atoms with E-state index in [0.29, 0.717) is 0 Å². The third-order valence-electron chi connectivity index (χ3n) is 1.79. The van der Waals surface area contributed by atoms with Crippen molar-refractivity contribution in [2.24, 2.45) is 0 Å². The van der Waals surface area contributed by atoms with Crippen LogP contribution in [0.3, 0.4) is 0 Å². The van der Waals surface area contributed by atoms with E-state index in [4.69, 9.17) is 14.9 Å². The molecule has 0 unspecified atom stereocenters. The molecule has 0 saturated carbocycles. The summed E-state index contributed by atoms with van der Waals surface area (Å²) in [6.07, 6.45) is -4.86. The monoisotopic (exact) mass is 192 g/mol. The lowest BCUT2D eigenvalue weighted by atomic mass is 10.1. The molecule has 0 amide bonds. The van der Waals surface area contributed by atoms with Crippen molar-refractivity contribution in [3.8, 4) is 0 Å². The van der Waals surface area contributed by atoms with Crippen molar-refractivity contribution in [2.75, 3.05) is 6.61 Å². The van der Waals surface area contributed by atoms with Gasteiger partial charge in [0.1, 0.15) is 24.9 Å². The Hall–Kier alpha value is -0.690. The highest BCUT2D eigenvalue weighted by atomic mass is 16.7. The number of aliphatic hydroxyl groups is 3. The highest BCUT2D eigenvalue weighted by Gasteiger charge is 2.42. The summed E-state index contributed by atoms with van der Waals surface area (Å²) in [5.41, 5.74) is 0. The van der Waals surface area contributed by atoms with Gasteiger partial charge in [0.05, 0.1) is 0 Å². The maximum absolute atomic E-state index is 10.4. The normalized spacial score (nSPS) is 39.1. The van der Waals surface area contributed by atoms with Crippen molar-refractivity contribution >= 4 is 5.97 Å². The van der Waals surface area contributed by atoms with Gasteiger partial charge in [-0.05, 0) is 0 Å². The van der Waals surface area contributed by atoms with E-state index >= 15 is 0 Å². The summed E-state index contributed by atoms with van der Waals surface area (Å²) in [4.78, 5) is 10.4. The minimum atomic E-state index is -1.42. The van der Waals surface area contributed by atoms with Crippen LogP contribution in [0, 0.1) is 0 Å². The Morgan fingerprint density at radius 2 is 2.00 bits per heavy atom. The smallest absolute Gasteiger partial charge is 0.302 e. The Morgan fingerprint density at radius 1 is 1.38 bits per heavy atom. The Bertz CT molecular complexity index is 193. The largest absolute Gasteiger partial charge is 0.463 e. The van der Waals surface area contributed by atoms with Gasteiger partial charge >= 0.3 is 5.97 Å². The third kappa shape index (κ3) is 2.38. The van der Waals surface area contributed by atoms with Crippen molar-refractivity contribution in [3.05, 3.63) is 0 Å². The van der Waals surface area contributed by atoms with E-state index in [2.05, 4.69) is 4.74 Å². The molecule has 0 spiro atoms. The summed E-state index contributed by atoms with van der Waals surface area (Å²) >= 11 is 0. The SMILES string of the molecule is CC(=O)OC[C@H]1O[C@@H](O)[C@H](O)[C@@H]1O. The first kappa shape index (κ1) is 10.4. The Labute approximate surface area is 74.7 Å². The van der Waals surface area contributed by atoms with Crippen LogP contribution in [0.25, 0.3) is 0 Å². The molecular formula is C7H12O6. The second kappa shape index (κ2) is 4.01. The first-order valence-corrected chi connectivity index (χ1v) is 3.85. The van der Waals surface area contributed by atoms with Gasteiger partial charge in [0.2, 0.25) is 0 Å². The maximum atomic E-state index is 10.4. The first-order chi connectivity index (χ1) is 6.02. The molecule has 1 fully saturated rings. The van der Waals surface area contributed by atoms with Gasteiger partial charge in [0.15, 0.2) is 6.29 Å². The van der Waals surface area contributed by atoms with Crippen LogP contribution < -0.4 is 0 Å². The van der Waals surface area contributed by atoms with Gasteiger partial charge in [-0.15, -0.1) is 0 Å². The van der Waals surface area contributed by atoms with Crippen molar-refractivity contribution in [1.29, 1.82) is 0 Å². The van der Waals surface area contributed by atoms with E-state index in [-0.39, 0.29) is 6.61 Å². The molecule has 1 saturated heterocycles. The number of aliphatic hydroxyl groups excluding tert-OH is 3. The lowest BCUT2D eigenvalue weighted by Crippen LogP contribution is -2.34. The van der Waals surface area contributed by atoms with Crippen LogP contribution in [0.4, 0.5) is 0 Å². The molecule has 76 valence electrons. The summed E-state index contributed by atoms with van der Waals surface area (Å²) in [6, 6.07) is 0. The molecule has 0 aromatic heterocycles. The van der Waals surface area contributed by atoms with Crippen LogP contribution in [0.5, 0.6) is 0 Å². The molecule has 13 heavy (non-hydrogen) atoms. The molecule has 1 aliphatic rings. The fourth-order valence-corrected chi connectivity index (χ4v) is 1.07. The lowest BCUT2D eigenvalue weighted by Gasteiger charge is -2.13. The van der Waals surface area contributed by atoms with Gasteiger partial charge in [0, 0.05) is 6.92 Å². The topological polar surface area (TPSA) is 96.2 Å². The summed E-state index contributed by atoms with van der Waals surface area (Å²) in [5.74, 6) is -0.508. The van der Waals surface area contributed by atoms with E-state index in [1.54, 1.807) is 0 Å². The number of carbonyl (C=O) groups is 1. The Balaban J connectivity index is 2.40. The molecule has 1 rings (SSSR count).